The molecule has 0 aliphatic heterocycles. The molecule has 0 aliphatic rings. The fourth-order valence-electron chi connectivity index (χ4n) is 1.70. The van der Waals surface area contributed by atoms with Gasteiger partial charge < -0.3 is 5.11 Å². The highest BCUT2D eigenvalue weighted by Crippen LogP contribution is 2.23. The molecule has 1 N–H and O–H groups in total. The lowest BCUT2D eigenvalue weighted by Crippen LogP contribution is -2.10. The molecule has 1 aromatic carbocycles. The average Bonchev–Trinajstić information content (AvgIpc) is 2.94. The molecule has 0 spiro atoms. The van der Waals surface area contributed by atoms with Crippen LogP contribution in [0, 0.1) is 0 Å². The molecule has 5 heteroatoms. The van der Waals surface area contributed by atoms with Crippen LogP contribution in [0.5, 0.6) is 0 Å². The molecule has 0 amide bonds. The summed E-state index contributed by atoms with van der Waals surface area (Å²) in [6, 6.07) is 9.75. The molecule has 0 saturated carbocycles. The Kier molecular flexibility index (Phi) is 4.99. The van der Waals surface area contributed by atoms with Gasteiger partial charge in [-0.15, -0.1) is 5.10 Å². The minimum Gasteiger partial charge on any atom is -0.386 e. The molecule has 0 saturated heterocycles. The van der Waals surface area contributed by atoms with E-state index >= 15 is 0 Å². The van der Waals surface area contributed by atoms with Gasteiger partial charge in [0, 0.05) is 11.0 Å². The number of benzene rings is 1. The number of aromatic nitrogens is 3. The minimum atomic E-state index is -0.547. The van der Waals surface area contributed by atoms with Crippen molar-refractivity contribution in [2.24, 2.45) is 0 Å². The Morgan fingerprint density at radius 3 is 2.74 bits per heavy atom. The van der Waals surface area contributed by atoms with Crippen LogP contribution in [-0.2, 0) is 0 Å². The Hall–Kier alpha value is -1.33. The molecule has 19 heavy (non-hydrogen) atoms. The molecule has 2 rings (SSSR count). The molecule has 102 valence electrons. The van der Waals surface area contributed by atoms with Crippen molar-refractivity contribution in [1.82, 2.24) is 15.0 Å². The first-order valence-electron chi connectivity index (χ1n) is 6.48. The van der Waals surface area contributed by atoms with E-state index in [9.17, 15) is 5.11 Å². The fraction of sp³-hybridized carbons (Fsp3) is 0.429. The van der Waals surface area contributed by atoms with Gasteiger partial charge in [0.25, 0.3) is 0 Å². The normalized spacial score (nSPS) is 14.3. The summed E-state index contributed by atoms with van der Waals surface area (Å²) in [5.41, 5.74) is 1.66. The first-order chi connectivity index (χ1) is 9.22. The van der Waals surface area contributed by atoms with Gasteiger partial charge in [0.05, 0.1) is 17.6 Å². The minimum absolute atomic E-state index is 0.547. The largest absolute Gasteiger partial charge is 0.386 e. The van der Waals surface area contributed by atoms with Gasteiger partial charge in [-0.3, -0.25) is 0 Å². The van der Waals surface area contributed by atoms with Crippen molar-refractivity contribution in [3.05, 3.63) is 42.2 Å². The Morgan fingerprint density at radius 1 is 1.32 bits per heavy atom. The number of hydrogen-bond donors (Lipinski definition) is 1. The predicted molar refractivity (Wildman–Crippen MR) is 78.5 cm³/mol. The molecule has 2 aromatic rings. The second-order valence-electron chi connectivity index (χ2n) is 4.47. The topological polar surface area (TPSA) is 50.9 Å². The molecular weight excluding hydrogens is 258 g/mol. The van der Waals surface area contributed by atoms with Crippen molar-refractivity contribution in [2.45, 2.75) is 31.6 Å². The van der Waals surface area contributed by atoms with Crippen molar-refractivity contribution in [3.8, 4) is 5.69 Å². The number of nitrogens with zero attached hydrogens (tertiary/aromatic N) is 3. The molecule has 0 fully saturated rings. The van der Waals surface area contributed by atoms with E-state index < -0.39 is 6.10 Å². The molecule has 0 bridgehead atoms. The Labute approximate surface area is 117 Å². The molecule has 1 aromatic heterocycles. The summed E-state index contributed by atoms with van der Waals surface area (Å²) in [6.45, 7) is 4.32. The van der Waals surface area contributed by atoms with Crippen LogP contribution in [0.3, 0.4) is 0 Å². The Morgan fingerprint density at radius 2 is 2.05 bits per heavy atom. The van der Waals surface area contributed by atoms with Gasteiger partial charge in [0.15, 0.2) is 0 Å². The summed E-state index contributed by atoms with van der Waals surface area (Å²) in [7, 11) is 0. The van der Waals surface area contributed by atoms with Crippen LogP contribution in [0.1, 0.15) is 32.1 Å². The second kappa shape index (κ2) is 6.73. The summed E-state index contributed by atoms with van der Waals surface area (Å²) >= 11 is 1.77. The predicted octanol–water partition coefficient (Wildman–Crippen LogP) is 2.83. The third-order valence-corrected chi connectivity index (χ3v) is 4.44. The van der Waals surface area contributed by atoms with E-state index in [1.807, 2.05) is 30.3 Å². The van der Waals surface area contributed by atoms with E-state index in [4.69, 9.17) is 0 Å². The van der Waals surface area contributed by atoms with Crippen LogP contribution >= 0.6 is 11.8 Å². The zero-order valence-corrected chi connectivity index (χ0v) is 12.0. The van der Waals surface area contributed by atoms with Crippen molar-refractivity contribution < 1.29 is 5.11 Å². The second-order valence-corrected chi connectivity index (χ2v) is 5.95. The van der Waals surface area contributed by atoms with Gasteiger partial charge in [-0.1, -0.05) is 37.3 Å². The summed E-state index contributed by atoms with van der Waals surface area (Å²) in [4.78, 5) is 0. The van der Waals surface area contributed by atoms with E-state index in [1.165, 1.54) is 0 Å². The number of thioether (sulfide) groups is 1. The maximum Gasteiger partial charge on any atom is 0.107 e. The smallest absolute Gasteiger partial charge is 0.107 e. The van der Waals surface area contributed by atoms with Gasteiger partial charge in [-0.05, 0) is 18.6 Å². The highest BCUT2D eigenvalue weighted by atomic mass is 32.2. The quantitative estimate of drug-likeness (QED) is 0.882. The Bertz CT molecular complexity index is 500. The van der Waals surface area contributed by atoms with Crippen molar-refractivity contribution in [2.75, 3.05) is 5.75 Å². The molecule has 2 unspecified atom stereocenters. The van der Waals surface area contributed by atoms with Crippen LogP contribution in [0.15, 0.2) is 36.5 Å². The van der Waals surface area contributed by atoms with Gasteiger partial charge in [0.1, 0.15) is 6.10 Å². The zero-order valence-electron chi connectivity index (χ0n) is 11.2. The third kappa shape index (κ3) is 3.58. The molecule has 4 nitrogen and oxygen atoms in total. The SMILES string of the molecule is CCC(C)SCC(O)c1cnnn1-c1ccccc1. The molecular formula is C14H19N3OS. The van der Waals surface area contributed by atoms with Gasteiger partial charge >= 0.3 is 0 Å². The number of aliphatic hydroxyl groups excluding tert-OH is 1. The highest BCUT2D eigenvalue weighted by molar-refractivity contribution is 7.99. The number of aliphatic hydroxyl groups is 1. The third-order valence-electron chi connectivity index (χ3n) is 3.03. The highest BCUT2D eigenvalue weighted by Gasteiger charge is 2.16. The summed E-state index contributed by atoms with van der Waals surface area (Å²) in [5.74, 6) is 0.662. The molecule has 0 aliphatic carbocycles. The lowest BCUT2D eigenvalue weighted by Gasteiger charge is -2.14. The molecule has 2 atom stereocenters. The van der Waals surface area contributed by atoms with E-state index in [-0.39, 0.29) is 0 Å². The Balaban J connectivity index is 2.11. The summed E-state index contributed by atoms with van der Waals surface area (Å²) < 4.78 is 1.70. The van der Waals surface area contributed by atoms with Crippen molar-refractivity contribution in [1.29, 1.82) is 0 Å². The van der Waals surface area contributed by atoms with Crippen molar-refractivity contribution >= 4 is 11.8 Å². The zero-order chi connectivity index (χ0) is 13.7. The number of rotatable bonds is 6. The van der Waals surface area contributed by atoms with Gasteiger partial charge in [0.2, 0.25) is 0 Å². The van der Waals surface area contributed by atoms with Crippen LogP contribution in [0.2, 0.25) is 0 Å². The lowest BCUT2D eigenvalue weighted by molar-refractivity contribution is 0.195. The van der Waals surface area contributed by atoms with E-state index in [1.54, 1.807) is 22.6 Å². The van der Waals surface area contributed by atoms with Gasteiger partial charge in [-0.2, -0.15) is 11.8 Å². The van der Waals surface area contributed by atoms with Crippen LogP contribution in [0.25, 0.3) is 5.69 Å². The monoisotopic (exact) mass is 277 g/mol. The van der Waals surface area contributed by atoms with E-state index in [0.29, 0.717) is 11.0 Å². The number of para-hydroxylation sites is 1. The standard InChI is InChI=1S/C14H19N3OS/c1-3-11(2)19-10-14(18)13-9-15-16-17(13)12-7-5-4-6-8-12/h4-9,11,14,18H,3,10H2,1-2H3. The number of hydrogen-bond acceptors (Lipinski definition) is 4. The maximum atomic E-state index is 10.3. The van der Waals surface area contributed by atoms with Gasteiger partial charge in [-0.25, -0.2) is 4.68 Å². The lowest BCUT2D eigenvalue weighted by atomic mass is 10.2. The fourth-order valence-corrected chi connectivity index (χ4v) is 2.62. The molecule has 0 radical (unpaired) electrons. The van der Waals surface area contributed by atoms with Crippen molar-refractivity contribution in [3.63, 3.8) is 0 Å². The van der Waals surface area contributed by atoms with Crippen LogP contribution in [0.4, 0.5) is 0 Å². The van der Waals surface area contributed by atoms with E-state index in [2.05, 4.69) is 24.2 Å². The summed E-state index contributed by atoms with van der Waals surface area (Å²) in [5, 5.41) is 18.8. The first kappa shape index (κ1) is 14.1. The first-order valence-corrected chi connectivity index (χ1v) is 7.53. The van der Waals surface area contributed by atoms with Crippen LogP contribution < -0.4 is 0 Å². The van der Waals surface area contributed by atoms with Crippen LogP contribution in [-0.4, -0.2) is 31.1 Å². The maximum absolute atomic E-state index is 10.3. The summed E-state index contributed by atoms with van der Waals surface area (Å²) in [6.07, 6.45) is 2.19. The van der Waals surface area contributed by atoms with E-state index in [0.717, 1.165) is 17.8 Å². The molecule has 1 heterocycles. The average molecular weight is 277 g/mol.